The topological polar surface area (TPSA) is 38.9 Å². The minimum Gasteiger partial charge on any atom is -0.420 e. The molecule has 0 aliphatic heterocycles. The van der Waals surface area contributed by atoms with Gasteiger partial charge in [-0.05, 0) is 23.8 Å². The van der Waals surface area contributed by atoms with Gasteiger partial charge in [0.25, 0.3) is 0 Å². The molecule has 0 bridgehead atoms. The quantitative estimate of drug-likeness (QED) is 0.708. The van der Waals surface area contributed by atoms with Crippen LogP contribution in [-0.2, 0) is 6.42 Å². The van der Waals surface area contributed by atoms with Gasteiger partial charge >= 0.3 is 0 Å². The summed E-state index contributed by atoms with van der Waals surface area (Å²) in [6.45, 7) is 0. The van der Waals surface area contributed by atoms with Crippen LogP contribution in [0.1, 0.15) is 11.5 Å². The van der Waals surface area contributed by atoms with Crippen molar-refractivity contribution in [3.63, 3.8) is 0 Å². The Morgan fingerprint density at radius 3 is 2.45 bits per heavy atom. The number of aromatic nitrogens is 2. The van der Waals surface area contributed by atoms with E-state index < -0.39 is 0 Å². The maximum atomic E-state index is 5.98. The van der Waals surface area contributed by atoms with Crippen molar-refractivity contribution < 1.29 is 4.42 Å². The van der Waals surface area contributed by atoms with Crippen LogP contribution in [0.2, 0.25) is 10.0 Å². The van der Waals surface area contributed by atoms with E-state index >= 15 is 0 Å². The fraction of sp³-hybridized carbons (Fsp3) is 0.0667. The average Bonchev–Trinajstić information content (AvgIpc) is 2.91. The molecule has 0 atom stereocenters. The van der Waals surface area contributed by atoms with Crippen molar-refractivity contribution in [2.24, 2.45) is 0 Å². The van der Waals surface area contributed by atoms with Crippen LogP contribution < -0.4 is 0 Å². The molecule has 1 heterocycles. The number of halogens is 2. The summed E-state index contributed by atoms with van der Waals surface area (Å²) in [4.78, 5) is 0. The third-order valence-electron chi connectivity index (χ3n) is 2.83. The zero-order valence-electron chi connectivity index (χ0n) is 10.4. The molecule has 0 aliphatic carbocycles. The van der Waals surface area contributed by atoms with Crippen molar-refractivity contribution in [1.29, 1.82) is 0 Å². The van der Waals surface area contributed by atoms with Crippen molar-refractivity contribution in [3.05, 3.63) is 70.0 Å². The van der Waals surface area contributed by atoms with Gasteiger partial charge in [0.05, 0.1) is 16.5 Å². The normalized spacial score (nSPS) is 10.7. The van der Waals surface area contributed by atoms with Gasteiger partial charge in [0.1, 0.15) is 0 Å². The van der Waals surface area contributed by atoms with Gasteiger partial charge in [-0.2, -0.15) is 0 Å². The van der Waals surface area contributed by atoms with Gasteiger partial charge in [0.15, 0.2) is 0 Å². The molecule has 0 fully saturated rings. The molecule has 0 amide bonds. The van der Waals surface area contributed by atoms with Crippen molar-refractivity contribution in [2.45, 2.75) is 6.42 Å². The summed E-state index contributed by atoms with van der Waals surface area (Å²) in [5.74, 6) is 1.01. The maximum absolute atomic E-state index is 5.98. The van der Waals surface area contributed by atoms with Crippen LogP contribution in [0.15, 0.2) is 52.9 Å². The molecule has 5 heteroatoms. The molecule has 20 heavy (non-hydrogen) atoms. The Bertz CT molecular complexity index is 726. The van der Waals surface area contributed by atoms with Crippen LogP contribution in [0.3, 0.4) is 0 Å². The molecular weight excluding hydrogens is 295 g/mol. The summed E-state index contributed by atoms with van der Waals surface area (Å²) in [5.41, 5.74) is 1.88. The lowest BCUT2D eigenvalue weighted by molar-refractivity contribution is 0.518. The molecule has 0 N–H and O–H groups in total. The van der Waals surface area contributed by atoms with Crippen molar-refractivity contribution in [1.82, 2.24) is 10.2 Å². The number of rotatable bonds is 3. The Balaban J connectivity index is 1.84. The zero-order chi connectivity index (χ0) is 13.9. The number of nitrogens with zero attached hydrogens (tertiary/aromatic N) is 2. The third kappa shape index (κ3) is 2.84. The number of hydrogen-bond donors (Lipinski definition) is 0. The SMILES string of the molecule is Clc1ccc(-c2nnc(Cc3ccccc3)o2)cc1Cl. The zero-order valence-corrected chi connectivity index (χ0v) is 11.9. The largest absolute Gasteiger partial charge is 0.420 e. The second-order valence-corrected chi connectivity index (χ2v) is 5.11. The van der Waals surface area contributed by atoms with Gasteiger partial charge < -0.3 is 4.42 Å². The Morgan fingerprint density at radius 2 is 1.70 bits per heavy atom. The van der Waals surface area contributed by atoms with Crippen LogP contribution in [0.25, 0.3) is 11.5 Å². The first-order valence-electron chi connectivity index (χ1n) is 6.04. The molecule has 2 aromatic carbocycles. The van der Waals surface area contributed by atoms with Gasteiger partial charge in [0.2, 0.25) is 11.8 Å². The summed E-state index contributed by atoms with van der Waals surface area (Å²) < 4.78 is 5.64. The summed E-state index contributed by atoms with van der Waals surface area (Å²) in [6.07, 6.45) is 0.606. The Morgan fingerprint density at radius 1 is 0.900 bits per heavy atom. The molecule has 3 aromatic rings. The first-order chi connectivity index (χ1) is 9.72. The molecule has 1 aromatic heterocycles. The van der Waals surface area contributed by atoms with E-state index in [4.69, 9.17) is 27.6 Å². The first-order valence-corrected chi connectivity index (χ1v) is 6.80. The van der Waals surface area contributed by atoms with Gasteiger partial charge in [0, 0.05) is 5.56 Å². The summed E-state index contributed by atoms with van der Waals surface area (Å²) >= 11 is 11.9. The van der Waals surface area contributed by atoms with E-state index in [1.165, 1.54) is 0 Å². The number of hydrogen-bond acceptors (Lipinski definition) is 3. The fourth-order valence-electron chi connectivity index (χ4n) is 1.84. The molecule has 0 saturated carbocycles. The maximum Gasteiger partial charge on any atom is 0.247 e. The minimum absolute atomic E-state index is 0.439. The van der Waals surface area contributed by atoms with Gasteiger partial charge in [-0.15, -0.1) is 10.2 Å². The predicted molar refractivity (Wildman–Crippen MR) is 79.0 cm³/mol. The average molecular weight is 305 g/mol. The van der Waals surface area contributed by atoms with Gasteiger partial charge in [-0.3, -0.25) is 0 Å². The molecule has 0 radical (unpaired) electrons. The van der Waals surface area contributed by atoms with Crippen molar-refractivity contribution >= 4 is 23.2 Å². The van der Waals surface area contributed by atoms with Crippen LogP contribution in [0.5, 0.6) is 0 Å². The molecule has 0 spiro atoms. The van der Waals surface area contributed by atoms with Crippen LogP contribution in [0, 0.1) is 0 Å². The highest BCUT2D eigenvalue weighted by molar-refractivity contribution is 6.42. The standard InChI is InChI=1S/C15H10Cl2N2O/c16-12-7-6-11(9-13(12)17)15-19-18-14(20-15)8-10-4-2-1-3-5-10/h1-7,9H,8H2. The Labute approximate surface area is 126 Å². The molecule has 100 valence electrons. The van der Waals surface area contributed by atoms with E-state index in [1.807, 2.05) is 30.3 Å². The van der Waals surface area contributed by atoms with E-state index in [0.717, 1.165) is 11.1 Å². The van der Waals surface area contributed by atoms with E-state index in [-0.39, 0.29) is 0 Å². The number of benzene rings is 2. The van der Waals surface area contributed by atoms with Crippen LogP contribution >= 0.6 is 23.2 Å². The van der Waals surface area contributed by atoms with Crippen molar-refractivity contribution in [2.75, 3.05) is 0 Å². The smallest absolute Gasteiger partial charge is 0.247 e. The van der Waals surface area contributed by atoms with Crippen LogP contribution in [-0.4, -0.2) is 10.2 Å². The minimum atomic E-state index is 0.439. The third-order valence-corrected chi connectivity index (χ3v) is 3.57. The predicted octanol–water partition coefficient (Wildman–Crippen LogP) is 4.63. The second-order valence-electron chi connectivity index (χ2n) is 4.29. The van der Waals surface area contributed by atoms with Crippen LogP contribution in [0.4, 0.5) is 0 Å². The van der Waals surface area contributed by atoms with Gasteiger partial charge in [-0.25, -0.2) is 0 Å². The summed E-state index contributed by atoms with van der Waals surface area (Å²) in [7, 11) is 0. The van der Waals surface area contributed by atoms with E-state index in [2.05, 4.69) is 10.2 Å². The van der Waals surface area contributed by atoms with Crippen molar-refractivity contribution in [3.8, 4) is 11.5 Å². The molecule has 3 nitrogen and oxygen atoms in total. The Kier molecular flexibility index (Phi) is 3.72. The molecule has 3 rings (SSSR count). The highest BCUT2D eigenvalue weighted by atomic mass is 35.5. The molecule has 0 saturated heterocycles. The lowest BCUT2D eigenvalue weighted by Gasteiger charge is -1.98. The molecule has 0 aliphatic rings. The lowest BCUT2D eigenvalue weighted by atomic mass is 10.1. The fourth-order valence-corrected chi connectivity index (χ4v) is 2.14. The first kappa shape index (κ1) is 13.2. The highest BCUT2D eigenvalue weighted by Gasteiger charge is 2.10. The Hall–Kier alpha value is -1.84. The summed E-state index contributed by atoms with van der Waals surface area (Å²) in [5, 5.41) is 9.05. The lowest BCUT2D eigenvalue weighted by Crippen LogP contribution is -1.87. The summed E-state index contributed by atoms with van der Waals surface area (Å²) in [6, 6.07) is 15.2. The van der Waals surface area contributed by atoms with E-state index in [1.54, 1.807) is 18.2 Å². The molecule has 0 unspecified atom stereocenters. The monoisotopic (exact) mass is 304 g/mol. The highest BCUT2D eigenvalue weighted by Crippen LogP contribution is 2.28. The molecular formula is C15H10Cl2N2O. The second kappa shape index (κ2) is 5.65. The van der Waals surface area contributed by atoms with E-state index in [0.29, 0.717) is 28.2 Å². The van der Waals surface area contributed by atoms with E-state index in [9.17, 15) is 0 Å². The van der Waals surface area contributed by atoms with Gasteiger partial charge in [-0.1, -0.05) is 53.5 Å².